The minimum atomic E-state index is -0.224. The lowest BCUT2D eigenvalue weighted by Crippen LogP contribution is -2.24. The molecule has 116 valence electrons. The molecule has 0 radical (unpaired) electrons. The molecule has 1 aliphatic heterocycles. The van der Waals surface area contributed by atoms with Crippen molar-refractivity contribution in [3.63, 3.8) is 0 Å². The summed E-state index contributed by atoms with van der Waals surface area (Å²) in [4.78, 5) is 6.88. The second kappa shape index (κ2) is 6.93. The van der Waals surface area contributed by atoms with Crippen LogP contribution in [0.4, 0.5) is 10.1 Å². The van der Waals surface area contributed by atoms with E-state index in [4.69, 9.17) is 4.99 Å². The SMILES string of the molecule is N#Cc1cc(Br)ccc1N=C1CCCN1Cc1ccc(F)cc1. The zero-order chi connectivity index (χ0) is 16.2. The molecule has 0 amide bonds. The molecule has 3 nitrogen and oxygen atoms in total. The van der Waals surface area contributed by atoms with E-state index in [-0.39, 0.29) is 5.82 Å². The highest BCUT2D eigenvalue weighted by Crippen LogP contribution is 2.26. The van der Waals surface area contributed by atoms with Gasteiger partial charge in [-0.1, -0.05) is 28.1 Å². The molecular formula is C18H15BrFN3. The molecule has 0 aliphatic carbocycles. The molecule has 5 heteroatoms. The van der Waals surface area contributed by atoms with E-state index in [2.05, 4.69) is 26.9 Å². The number of rotatable bonds is 3. The molecule has 0 atom stereocenters. The Hall–Kier alpha value is -2.19. The van der Waals surface area contributed by atoms with Gasteiger partial charge in [0.05, 0.1) is 11.3 Å². The Morgan fingerprint density at radius 1 is 1.22 bits per heavy atom. The molecule has 2 aromatic carbocycles. The van der Waals surface area contributed by atoms with Crippen LogP contribution in [0.2, 0.25) is 0 Å². The molecule has 1 aliphatic rings. The largest absolute Gasteiger partial charge is 0.356 e. The van der Waals surface area contributed by atoms with Gasteiger partial charge >= 0.3 is 0 Å². The molecule has 0 N–H and O–H groups in total. The monoisotopic (exact) mass is 371 g/mol. The van der Waals surface area contributed by atoms with E-state index in [1.165, 1.54) is 12.1 Å². The van der Waals surface area contributed by atoms with Gasteiger partial charge in [-0.2, -0.15) is 5.26 Å². The minimum Gasteiger partial charge on any atom is -0.356 e. The van der Waals surface area contributed by atoms with Gasteiger partial charge in [-0.05, 0) is 42.3 Å². The Kier molecular flexibility index (Phi) is 4.73. The smallest absolute Gasteiger partial charge is 0.123 e. The van der Waals surface area contributed by atoms with E-state index >= 15 is 0 Å². The standard InChI is InChI=1S/C18H15BrFN3/c19-15-5-8-17(14(10-15)11-21)22-18-2-1-9-23(18)12-13-3-6-16(20)7-4-13/h3-8,10H,1-2,9,12H2. The summed E-state index contributed by atoms with van der Waals surface area (Å²) in [6.07, 6.45) is 1.93. The van der Waals surface area contributed by atoms with Crippen molar-refractivity contribution in [2.24, 2.45) is 4.99 Å². The number of nitriles is 1. The van der Waals surface area contributed by atoms with Crippen LogP contribution in [0.3, 0.4) is 0 Å². The summed E-state index contributed by atoms with van der Waals surface area (Å²) in [6.45, 7) is 1.63. The number of aliphatic imine (C=N–C) groups is 1. The van der Waals surface area contributed by atoms with Crippen molar-refractivity contribution in [1.82, 2.24) is 4.90 Å². The quantitative estimate of drug-likeness (QED) is 0.778. The maximum Gasteiger partial charge on any atom is 0.123 e. The summed E-state index contributed by atoms with van der Waals surface area (Å²) in [5.74, 6) is 0.755. The molecule has 1 heterocycles. The van der Waals surface area contributed by atoms with Crippen molar-refractivity contribution in [3.05, 3.63) is 63.9 Å². The third kappa shape index (κ3) is 3.77. The predicted molar refractivity (Wildman–Crippen MR) is 92.0 cm³/mol. The van der Waals surface area contributed by atoms with Crippen LogP contribution >= 0.6 is 15.9 Å². The van der Waals surface area contributed by atoms with Gasteiger partial charge < -0.3 is 4.90 Å². The molecular weight excluding hydrogens is 357 g/mol. The first-order valence-corrected chi connectivity index (χ1v) is 8.21. The van der Waals surface area contributed by atoms with Gasteiger partial charge in [0.1, 0.15) is 17.7 Å². The van der Waals surface area contributed by atoms with E-state index < -0.39 is 0 Å². The van der Waals surface area contributed by atoms with Crippen LogP contribution in [-0.4, -0.2) is 17.3 Å². The van der Waals surface area contributed by atoms with Gasteiger partial charge in [-0.15, -0.1) is 0 Å². The van der Waals surface area contributed by atoms with Gasteiger partial charge in [0.2, 0.25) is 0 Å². The van der Waals surface area contributed by atoms with Crippen LogP contribution in [0.5, 0.6) is 0 Å². The van der Waals surface area contributed by atoms with E-state index in [9.17, 15) is 9.65 Å². The van der Waals surface area contributed by atoms with Crippen molar-refractivity contribution in [2.45, 2.75) is 19.4 Å². The van der Waals surface area contributed by atoms with Gasteiger partial charge in [-0.3, -0.25) is 0 Å². The fourth-order valence-corrected chi connectivity index (χ4v) is 3.02. The van der Waals surface area contributed by atoms with Crippen molar-refractivity contribution in [3.8, 4) is 6.07 Å². The molecule has 23 heavy (non-hydrogen) atoms. The van der Waals surface area contributed by atoms with E-state index in [1.807, 2.05) is 12.1 Å². The molecule has 2 aromatic rings. The van der Waals surface area contributed by atoms with E-state index in [1.54, 1.807) is 18.2 Å². The normalized spacial score (nSPS) is 15.9. The van der Waals surface area contributed by atoms with Gasteiger partial charge in [-0.25, -0.2) is 9.38 Å². The van der Waals surface area contributed by atoms with Gasteiger partial charge in [0.15, 0.2) is 0 Å². The van der Waals surface area contributed by atoms with Crippen LogP contribution in [0.25, 0.3) is 0 Å². The Morgan fingerprint density at radius 2 is 2.00 bits per heavy atom. The first-order valence-electron chi connectivity index (χ1n) is 7.42. The lowest BCUT2D eigenvalue weighted by atomic mass is 10.2. The summed E-state index contributed by atoms with van der Waals surface area (Å²) in [7, 11) is 0. The van der Waals surface area contributed by atoms with E-state index in [0.29, 0.717) is 17.8 Å². The highest BCUT2D eigenvalue weighted by molar-refractivity contribution is 9.10. The van der Waals surface area contributed by atoms with Crippen molar-refractivity contribution in [2.75, 3.05) is 6.54 Å². The number of halogens is 2. The molecule has 1 fully saturated rings. The molecule has 0 unspecified atom stereocenters. The fraction of sp³-hybridized carbons (Fsp3) is 0.222. The molecule has 3 rings (SSSR count). The lowest BCUT2D eigenvalue weighted by molar-refractivity contribution is 0.448. The summed E-state index contributed by atoms with van der Waals surface area (Å²) in [5.41, 5.74) is 2.30. The van der Waals surface area contributed by atoms with Crippen LogP contribution in [0.15, 0.2) is 51.9 Å². The summed E-state index contributed by atoms with van der Waals surface area (Å²) in [6, 6.07) is 14.2. The topological polar surface area (TPSA) is 39.4 Å². The minimum absolute atomic E-state index is 0.224. The zero-order valence-electron chi connectivity index (χ0n) is 12.5. The third-order valence-electron chi connectivity index (χ3n) is 3.81. The average Bonchev–Trinajstić information content (AvgIpc) is 2.98. The highest BCUT2D eigenvalue weighted by atomic mass is 79.9. The lowest BCUT2D eigenvalue weighted by Gasteiger charge is -2.19. The first kappa shape index (κ1) is 15.7. The van der Waals surface area contributed by atoms with Gasteiger partial charge in [0.25, 0.3) is 0 Å². The Labute approximate surface area is 143 Å². The Morgan fingerprint density at radius 3 is 2.74 bits per heavy atom. The highest BCUT2D eigenvalue weighted by Gasteiger charge is 2.19. The fourth-order valence-electron chi connectivity index (χ4n) is 2.66. The summed E-state index contributed by atoms with van der Waals surface area (Å²) >= 11 is 3.37. The van der Waals surface area contributed by atoms with Crippen molar-refractivity contribution >= 4 is 27.5 Å². The van der Waals surface area contributed by atoms with Gasteiger partial charge in [0, 0.05) is 24.0 Å². The Balaban J connectivity index is 1.84. The summed E-state index contributed by atoms with van der Waals surface area (Å²) in [5, 5.41) is 9.25. The Bertz CT molecular complexity index is 778. The van der Waals surface area contributed by atoms with E-state index in [0.717, 1.165) is 35.3 Å². The zero-order valence-corrected chi connectivity index (χ0v) is 14.1. The number of likely N-dealkylation sites (tertiary alicyclic amines) is 1. The molecule has 0 saturated carbocycles. The number of benzene rings is 2. The number of hydrogen-bond donors (Lipinski definition) is 0. The second-order valence-corrected chi connectivity index (χ2v) is 6.37. The van der Waals surface area contributed by atoms with Crippen molar-refractivity contribution in [1.29, 1.82) is 5.26 Å². The molecule has 1 saturated heterocycles. The van der Waals surface area contributed by atoms with Crippen LogP contribution in [0, 0.1) is 17.1 Å². The second-order valence-electron chi connectivity index (χ2n) is 5.45. The van der Waals surface area contributed by atoms with Crippen LogP contribution in [-0.2, 0) is 6.54 Å². The third-order valence-corrected chi connectivity index (χ3v) is 4.30. The average molecular weight is 372 g/mol. The molecule has 0 aromatic heterocycles. The van der Waals surface area contributed by atoms with Crippen LogP contribution in [0.1, 0.15) is 24.0 Å². The number of nitrogens with zero attached hydrogens (tertiary/aromatic N) is 3. The predicted octanol–water partition coefficient (Wildman–Crippen LogP) is 4.79. The van der Waals surface area contributed by atoms with Crippen molar-refractivity contribution < 1.29 is 4.39 Å². The molecule has 0 spiro atoms. The maximum atomic E-state index is 13.0. The molecule has 0 bridgehead atoms. The number of amidine groups is 1. The maximum absolute atomic E-state index is 13.0. The summed E-state index contributed by atoms with van der Waals surface area (Å²) < 4.78 is 13.9. The first-order chi connectivity index (χ1) is 11.2. The van der Waals surface area contributed by atoms with Crippen LogP contribution < -0.4 is 0 Å². The number of hydrogen-bond acceptors (Lipinski definition) is 2.